The molecule has 5 atom stereocenters. The van der Waals surface area contributed by atoms with E-state index in [4.69, 9.17) is 9.47 Å². The van der Waals surface area contributed by atoms with Crippen LogP contribution in [0.2, 0.25) is 0 Å². The molecule has 264 valence electrons. The van der Waals surface area contributed by atoms with Crippen molar-refractivity contribution in [2.75, 3.05) is 20.1 Å². The molecule has 8 nitrogen and oxygen atoms in total. The molecule has 4 aromatic rings. The normalized spacial score (nSPS) is 21.8. The van der Waals surface area contributed by atoms with E-state index in [-0.39, 0.29) is 44.4 Å². The van der Waals surface area contributed by atoms with Crippen LogP contribution in [0.3, 0.4) is 0 Å². The van der Waals surface area contributed by atoms with E-state index in [9.17, 15) is 27.9 Å². The van der Waals surface area contributed by atoms with E-state index in [0.29, 0.717) is 24.3 Å². The highest BCUT2D eigenvalue weighted by Gasteiger charge is 2.47. The minimum atomic E-state index is -5.02. The number of halogens is 3. The predicted molar refractivity (Wildman–Crippen MR) is 182 cm³/mol. The molecule has 6 rings (SSSR count). The van der Waals surface area contributed by atoms with E-state index in [1.807, 2.05) is 60.7 Å². The number of rotatable bonds is 10. The quantitative estimate of drug-likeness (QED) is 0.192. The van der Waals surface area contributed by atoms with Crippen molar-refractivity contribution in [3.8, 4) is 0 Å². The molecule has 2 amide bonds. The first-order valence-electron chi connectivity index (χ1n) is 16.9. The van der Waals surface area contributed by atoms with Crippen molar-refractivity contribution in [1.82, 2.24) is 15.1 Å². The highest BCUT2D eigenvalue weighted by molar-refractivity contribution is 5.90. The maximum Gasteiger partial charge on any atom is 0.471 e. The number of nitrogens with one attached hydrogen (secondary N) is 1. The zero-order chi connectivity index (χ0) is 35.4. The number of carbonyl (C=O) groups excluding carboxylic acids is 2. The number of nitrogens with zero attached hydrogens (tertiary/aromatic N) is 2. The van der Waals surface area contributed by atoms with Gasteiger partial charge in [-0.2, -0.15) is 13.2 Å². The molecule has 0 spiro atoms. The molecule has 50 heavy (non-hydrogen) atoms. The zero-order valence-electron chi connectivity index (χ0n) is 28.1. The van der Waals surface area contributed by atoms with Crippen molar-refractivity contribution in [2.24, 2.45) is 0 Å². The van der Waals surface area contributed by atoms with Gasteiger partial charge in [-0.25, -0.2) is 0 Å². The minimum Gasteiger partial charge on any atom is -0.392 e. The first kappa shape index (κ1) is 35.5. The summed E-state index contributed by atoms with van der Waals surface area (Å²) in [5.41, 5.74) is 4.52. The number of hydrogen-bond acceptors (Lipinski definition) is 6. The van der Waals surface area contributed by atoms with Crippen molar-refractivity contribution in [1.29, 1.82) is 0 Å². The van der Waals surface area contributed by atoms with Gasteiger partial charge in [-0.1, -0.05) is 84.9 Å². The summed E-state index contributed by atoms with van der Waals surface area (Å²) < 4.78 is 52.1. The topological polar surface area (TPSA) is 91.3 Å². The van der Waals surface area contributed by atoms with E-state index in [0.717, 1.165) is 22.3 Å². The molecule has 2 heterocycles. The van der Waals surface area contributed by atoms with Gasteiger partial charge in [0.2, 0.25) is 5.91 Å². The molecule has 2 N–H and O–H groups in total. The van der Waals surface area contributed by atoms with Gasteiger partial charge in [0.05, 0.1) is 18.8 Å². The standard InChI is InChI=1S/C39H42F3N3O5/c1-25(31-18-17-28-6-3-4-7-32(28)20-31)44(2)23-33-21-35(29-13-11-27(24-46)12-14-29)50-37(49-33)30-15-9-26(10-16-30)22-43-36(47)34-8-5-19-45(34)38(48)39(40,41)42/h3-4,6-7,9-18,20,25,33-35,37,46H,5,8,19,21-24H2,1-2H3,(H,43,47). The maximum atomic E-state index is 13.0. The number of hydrogen-bond donors (Lipinski definition) is 2. The van der Waals surface area contributed by atoms with Gasteiger partial charge in [-0.15, -0.1) is 0 Å². The molecule has 0 radical (unpaired) electrons. The van der Waals surface area contributed by atoms with Gasteiger partial charge in [-0.3, -0.25) is 14.5 Å². The molecule has 2 aliphatic heterocycles. The maximum absolute atomic E-state index is 13.0. The summed E-state index contributed by atoms with van der Waals surface area (Å²) in [6, 6.07) is 28.9. The van der Waals surface area contributed by atoms with Gasteiger partial charge in [0.15, 0.2) is 6.29 Å². The van der Waals surface area contributed by atoms with E-state index in [1.54, 1.807) is 0 Å². The molecule has 0 bridgehead atoms. The Hall–Kier alpha value is -4.29. The van der Waals surface area contributed by atoms with Crippen LogP contribution in [0.4, 0.5) is 13.2 Å². The summed E-state index contributed by atoms with van der Waals surface area (Å²) in [5.74, 6) is -2.59. The summed E-state index contributed by atoms with van der Waals surface area (Å²) in [4.78, 5) is 27.5. The Morgan fingerprint density at radius 3 is 2.32 bits per heavy atom. The predicted octanol–water partition coefficient (Wildman–Crippen LogP) is 6.74. The summed E-state index contributed by atoms with van der Waals surface area (Å²) in [6.07, 6.45) is -4.98. The van der Waals surface area contributed by atoms with E-state index < -0.39 is 30.3 Å². The number of likely N-dealkylation sites (N-methyl/N-ethyl adjacent to an activating group) is 1. The Labute approximate surface area is 289 Å². The lowest BCUT2D eigenvalue weighted by Crippen LogP contribution is -2.50. The second kappa shape index (κ2) is 15.3. The van der Waals surface area contributed by atoms with Crippen LogP contribution in [0.5, 0.6) is 0 Å². The van der Waals surface area contributed by atoms with E-state index in [2.05, 4.69) is 54.5 Å². The molecule has 11 heteroatoms. The number of fused-ring (bicyclic) bond motifs is 1. The SMILES string of the molecule is CC(c1ccc2ccccc2c1)N(C)CC1CC(c2ccc(CO)cc2)OC(c2ccc(CNC(=O)C3CCCN3C(=O)C(F)(F)F)cc2)O1. The lowest BCUT2D eigenvalue weighted by Gasteiger charge is -2.39. The fourth-order valence-corrected chi connectivity index (χ4v) is 6.78. The molecule has 0 saturated carbocycles. The van der Waals surface area contributed by atoms with Crippen LogP contribution in [0.25, 0.3) is 10.8 Å². The smallest absolute Gasteiger partial charge is 0.392 e. The average Bonchev–Trinajstić information content (AvgIpc) is 3.63. The first-order chi connectivity index (χ1) is 24.0. The molecule has 2 saturated heterocycles. The van der Waals surface area contributed by atoms with Gasteiger partial charge in [-0.05, 0) is 65.9 Å². The zero-order valence-corrected chi connectivity index (χ0v) is 28.1. The van der Waals surface area contributed by atoms with Crippen LogP contribution in [-0.2, 0) is 32.2 Å². The van der Waals surface area contributed by atoms with Gasteiger partial charge < -0.3 is 24.8 Å². The van der Waals surface area contributed by atoms with Crippen molar-refractivity contribution in [2.45, 2.75) is 76.1 Å². The monoisotopic (exact) mass is 689 g/mol. The van der Waals surface area contributed by atoms with Crippen molar-refractivity contribution >= 4 is 22.6 Å². The third-order valence-corrected chi connectivity index (χ3v) is 9.80. The van der Waals surface area contributed by atoms with Crippen LogP contribution in [0.15, 0.2) is 91.0 Å². The number of carbonyl (C=O) groups is 2. The number of ether oxygens (including phenoxy) is 2. The second-order valence-electron chi connectivity index (χ2n) is 13.2. The Morgan fingerprint density at radius 2 is 1.62 bits per heavy atom. The number of alkyl halides is 3. The largest absolute Gasteiger partial charge is 0.471 e. The highest BCUT2D eigenvalue weighted by Crippen LogP contribution is 2.39. The summed E-state index contributed by atoms with van der Waals surface area (Å²) in [5, 5.41) is 14.6. The van der Waals surface area contributed by atoms with Crippen molar-refractivity contribution in [3.63, 3.8) is 0 Å². The number of amides is 2. The van der Waals surface area contributed by atoms with Crippen LogP contribution in [0, 0.1) is 0 Å². The van der Waals surface area contributed by atoms with Gasteiger partial charge in [0, 0.05) is 37.7 Å². The summed E-state index contributed by atoms with van der Waals surface area (Å²) >= 11 is 0. The van der Waals surface area contributed by atoms with Crippen LogP contribution in [0.1, 0.15) is 72.4 Å². The number of likely N-dealkylation sites (tertiary alicyclic amines) is 1. The minimum absolute atomic E-state index is 0.0466. The average molecular weight is 690 g/mol. The molecular formula is C39H42F3N3O5. The van der Waals surface area contributed by atoms with E-state index >= 15 is 0 Å². The van der Waals surface area contributed by atoms with Gasteiger partial charge in [0.1, 0.15) is 6.04 Å². The van der Waals surface area contributed by atoms with Crippen molar-refractivity contribution in [3.05, 3.63) is 119 Å². The lowest BCUT2D eigenvalue weighted by molar-refractivity contribution is -0.253. The molecule has 2 fully saturated rings. The second-order valence-corrected chi connectivity index (χ2v) is 13.2. The molecular weight excluding hydrogens is 647 g/mol. The van der Waals surface area contributed by atoms with Crippen LogP contribution < -0.4 is 5.32 Å². The fraction of sp³-hybridized carbons (Fsp3) is 0.385. The highest BCUT2D eigenvalue weighted by atomic mass is 19.4. The van der Waals surface area contributed by atoms with Crippen LogP contribution >= 0.6 is 0 Å². The first-order valence-corrected chi connectivity index (χ1v) is 16.9. The third kappa shape index (κ3) is 8.18. The fourth-order valence-electron chi connectivity index (χ4n) is 6.78. The van der Waals surface area contributed by atoms with Gasteiger partial charge >= 0.3 is 12.1 Å². The molecule has 4 aromatic carbocycles. The summed E-state index contributed by atoms with van der Waals surface area (Å²) in [7, 11) is 2.09. The third-order valence-electron chi connectivity index (χ3n) is 9.80. The number of aliphatic hydroxyl groups excluding tert-OH is 1. The van der Waals surface area contributed by atoms with E-state index in [1.165, 1.54) is 16.3 Å². The summed E-state index contributed by atoms with van der Waals surface area (Å²) in [6.45, 7) is 2.78. The lowest BCUT2D eigenvalue weighted by atomic mass is 9.98. The molecule has 0 aromatic heterocycles. The van der Waals surface area contributed by atoms with Gasteiger partial charge in [0.25, 0.3) is 0 Å². The Balaban J connectivity index is 1.13. The Bertz CT molecular complexity index is 1780. The number of aliphatic hydroxyl groups is 1. The Morgan fingerprint density at radius 1 is 0.940 bits per heavy atom. The molecule has 2 aliphatic rings. The van der Waals surface area contributed by atoms with Crippen molar-refractivity contribution < 1.29 is 37.3 Å². The number of benzene rings is 4. The molecule has 0 aliphatic carbocycles. The molecule has 5 unspecified atom stereocenters. The Kier molecular flexibility index (Phi) is 10.9. The van der Waals surface area contributed by atoms with Crippen LogP contribution in [-0.4, -0.2) is 65.2 Å².